The van der Waals surface area contributed by atoms with Crippen LogP contribution < -0.4 is 11.1 Å². The van der Waals surface area contributed by atoms with Crippen molar-refractivity contribution in [2.75, 3.05) is 11.1 Å². The SMILES string of the molecule is Nc1ccc(NCc2cccc(F)c2)c2ncc(Br)cc12. The first-order valence-corrected chi connectivity index (χ1v) is 7.25. The summed E-state index contributed by atoms with van der Waals surface area (Å²) in [6.07, 6.45) is 1.73. The molecule has 2 aromatic carbocycles. The number of hydrogen-bond acceptors (Lipinski definition) is 3. The number of nitrogens with zero attached hydrogens (tertiary/aromatic N) is 1. The van der Waals surface area contributed by atoms with E-state index in [4.69, 9.17) is 5.73 Å². The number of rotatable bonds is 3. The number of halogens is 2. The molecule has 21 heavy (non-hydrogen) atoms. The van der Waals surface area contributed by atoms with Crippen LogP contribution in [0.1, 0.15) is 5.56 Å². The van der Waals surface area contributed by atoms with E-state index in [0.717, 1.165) is 26.6 Å². The van der Waals surface area contributed by atoms with Gasteiger partial charge in [-0.3, -0.25) is 4.98 Å². The van der Waals surface area contributed by atoms with Crippen molar-refractivity contribution >= 4 is 38.2 Å². The van der Waals surface area contributed by atoms with Gasteiger partial charge in [0.1, 0.15) is 5.82 Å². The minimum atomic E-state index is -0.237. The summed E-state index contributed by atoms with van der Waals surface area (Å²) < 4.78 is 14.1. The molecule has 1 heterocycles. The van der Waals surface area contributed by atoms with Crippen LogP contribution in [0.25, 0.3) is 10.9 Å². The minimum Gasteiger partial charge on any atom is -0.398 e. The van der Waals surface area contributed by atoms with Gasteiger partial charge < -0.3 is 11.1 Å². The summed E-state index contributed by atoms with van der Waals surface area (Å²) in [5.74, 6) is -0.237. The van der Waals surface area contributed by atoms with Gasteiger partial charge in [0, 0.05) is 28.3 Å². The van der Waals surface area contributed by atoms with E-state index in [2.05, 4.69) is 26.2 Å². The van der Waals surface area contributed by atoms with Crippen molar-refractivity contribution < 1.29 is 4.39 Å². The van der Waals surface area contributed by atoms with E-state index < -0.39 is 0 Å². The van der Waals surface area contributed by atoms with Gasteiger partial charge in [-0.1, -0.05) is 12.1 Å². The topological polar surface area (TPSA) is 50.9 Å². The third kappa shape index (κ3) is 2.97. The quantitative estimate of drug-likeness (QED) is 0.694. The first-order valence-electron chi connectivity index (χ1n) is 6.45. The zero-order valence-corrected chi connectivity index (χ0v) is 12.7. The molecule has 0 radical (unpaired) electrons. The highest BCUT2D eigenvalue weighted by atomic mass is 79.9. The molecule has 0 spiro atoms. The minimum absolute atomic E-state index is 0.237. The predicted molar refractivity (Wildman–Crippen MR) is 87.6 cm³/mol. The summed E-state index contributed by atoms with van der Waals surface area (Å²) in [7, 11) is 0. The molecule has 0 aliphatic carbocycles. The molecule has 0 bridgehead atoms. The van der Waals surface area contributed by atoms with Gasteiger partial charge in [0.2, 0.25) is 0 Å². The lowest BCUT2D eigenvalue weighted by atomic mass is 10.1. The maximum atomic E-state index is 13.2. The lowest BCUT2D eigenvalue weighted by Gasteiger charge is -2.11. The average Bonchev–Trinajstić information content (AvgIpc) is 2.47. The van der Waals surface area contributed by atoms with Crippen LogP contribution >= 0.6 is 15.9 Å². The number of anilines is 2. The van der Waals surface area contributed by atoms with E-state index in [0.29, 0.717) is 12.2 Å². The Hall–Kier alpha value is -2.14. The Morgan fingerprint density at radius 1 is 1.19 bits per heavy atom. The summed E-state index contributed by atoms with van der Waals surface area (Å²) in [6.45, 7) is 0.522. The van der Waals surface area contributed by atoms with Crippen molar-refractivity contribution in [3.63, 3.8) is 0 Å². The van der Waals surface area contributed by atoms with Gasteiger partial charge in [-0.05, 0) is 51.8 Å². The van der Waals surface area contributed by atoms with Gasteiger partial charge in [0.15, 0.2) is 0 Å². The number of aromatic nitrogens is 1. The van der Waals surface area contributed by atoms with E-state index in [1.807, 2.05) is 24.3 Å². The number of benzene rings is 2. The molecular formula is C16H13BrFN3. The van der Waals surface area contributed by atoms with E-state index in [-0.39, 0.29) is 5.82 Å². The third-order valence-corrected chi connectivity index (χ3v) is 3.66. The van der Waals surface area contributed by atoms with Gasteiger partial charge in [-0.25, -0.2) is 4.39 Å². The first kappa shape index (κ1) is 13.8. The van der Waals surface area contributed by atoms with Gasteiger partial charge in [0.05, 0.1) is 11.2 Å². The van der Waals surface area contributed by atoms with Crippen LogP contribution in [0.5, 0.6) is 0 Å². The van der Waals surface area contributed by atoms with Crippen molar-refractivity contribution in [3.8, 4) is 0 Å². The monoisotopic (exact) mass is 345 g/mol. The number of nitrogen functional groups attached to an aromatic ring is 1. The molecule has 5 heteroatoms. The molecule has 3 rings (SSSR count). The van der Waals surface area contributed by atoms with Gasteiger partial charge >= 0.3 is 0 Å². The molecule has 0 amide bonds. The molecule has 3 N–H and O–H groups in total. The number of pyridine rings is 1. The Bertz CT molecular complexity index is 805. The Morgan fingerprint density at radius 3 is 2.86 bits per heavy atom. The van der Waals surface area contributed by atoms with Crippen molar-refractivity contribution in [1.82, 2.24) is 4.98 Å². The molecule has 0 aliphatic rings. The van der Waals surface area contributed by atoms with Crippen LogP contribution in [0.4, 0.5) is 15.8 Å². The molecule has 3 nitrogen and oxygen atoms in total. The van der Waals surface area contributed by atoms with Crippen LogP contribution in [-0.4, -0.2) is 4.98 Å². The molecule has 3 aromatic rings. The smallest absolute Gasteiger partial charge is 0.123 e. The largest absolute Gasteiger partial charge is 0.398 e. The predicted octanol–water partition coefficient (Wildman–Crippen LogP) is 4.33. The average molecular weight is 346 g/mol. The Balaban J connectivity index is 1.92. The second-order valence-electron chi connectivity index (χ2n) is 4.74. The summed E-state index contributed by atoms with van der Waals surface area (Å²) in [5.41, 5.74) is 9.20. The van der Waals surface area contributed by atoms with E-state index in [1.54, 1.807) is 12.3 Å². The fourth-order valence-electron chi connectivity index (χ4n) is 2.20. The second-order valence-corrected chi connectivity index (χ2v) is 5.65. The lowest BCUT2D eigenvalue weighted by molar-refractivity contribution is 0.626. The van der Waals surface area contributed by atoms with Crippen molar-refractivity contribution in [1.29, 1.82) is 0 Å². The Kier molecular flexibility index (Phi) is 3.75. The highest BCUT2D eigenvalue weighted by molar-refractivity contribution is 9.10. The highest BCUT2D eigenvalue weighted by Crippen LogP contribution is 2.29. The van der Waals surface area contributed by atoms with Gasteiger partial charge in [-0.2, -0.15) is 0 Å². The standard InChI is InChI=1S/C16H13BrFN3/c17-11-7-13-14(19)4-5-15(16(13)21-9-11)20-8-10-2-1-3-12(18)6-10/h1-7,9,20H,8,19H2. The number of nitrogens with one attached hydrogen (secondary N) is 1. The number of fused-ring (bicyclic) bond motifs is 1. The molecule has 1 aromatic heterocycles. The number of nitrogens with two attached hydrogens (primary N) is 1. The molecule has 0 saturated carbocycles. The summed E-state index contributed by atoms with van der Waals surface area (Å²) in [6, 6.07) is 12.2. The first-order chi connectivity index (χ1) is 10.1. The molecule has 0 saturated heterocycles. The van der Waals surface area contributed by atoms with E-state index in [9.17, 15) is 4.39 Å². The maximum Gasteiger partial charge on any atom is 0.123 e. The van der Waals surface area contributed by atoms with Crippen molar-refractivity contribution in [2.45, 2.75) is 6.54 Å². The summed E-state index contributed by atoms with van der Waals surface area (Å²) >= 11 is 3.39. The van der Waals surface area contributed by atoms with Crippen LogP contribution in [0.2, 0.25) is 0 Å². The van der Waals surface area contributed by atoms with Gasteiger partial charge in [0.25, 0.3) is 0 Å². The number of hydrogen-bond donors (Lipinski definition) is 2. The van der Waals surface area contributed by atoms with Crippen LogP contribution in [-0.2, 0) is 6.54 Å². The molecule has 0 aliphatic heterocycles. The molecule has 0 unspecified atom stereocenters. The zero-order valence-electron chi connectivity index (χ0n) is 11.1. The fourth-order valence-corrected chi connectivity index (χ4v) is 2.53. The Labute approximate surface area is 130 Å². The van der Waals surface area contributed by atoms with Crippen molar-refractivity contribution in [2.24, 2.45) is 0 Å². The van der Waals surface area contributed by atoms with Crippen LogP contribution in [0, 0.1) is 5.82 Å². The summed E-state index contributed by atoms with van der Waals surface area (Å²) in [5, 5.41) is 4.16. The molecule has 0 atom stereocenters. The molecule has 106 valence electrons. The highest BCUT2D eigenvalue weighted by Gasteiger charge is 2.06. The third-order valence-electron chi connectivity index (χ3n) is 3.22. The van der Waals surface area contributed by atoms with Crippen molar-refractivity contribution in [3.05, 3.63) is 64.5 Å². The fraction of sp³-hybridized carbons (Fsp3) is 0.0625. The van der Waals surface area contributed by atoms with Gasteiger partial charge in [-0.15, -0.1) is 0 Å². The van der Waals surface area contributed by atoms with E-state index in [1.165, 1.54) is 12.1 Å². The molecule has 0 fully saturated rings. The maximum absolute atomic E-state index is 13.2. The normalized spacial score (nSPS) is 10.8. The zero-order chi connectivity index (χ0) is 14.8. The second kappa shape index (κ2) is 5.69. The van der Waals surface area contributed by atoms with Crippen LogP contribution in [0.15, 0.2) is 53.1 Å². The Morgan fingerprint density at radius 2 is 2.05 bits per heavy atom. The van der Waals surface area contributed by atoms with E-state index >= 15 is 0 Å². The van der Waals surface area contributed by atoms with Crippen LogP contribution in [0.3, 0.4) is 0 Å². The summed E-state index contributed by atoms with van der Waals surface area (Å²) in [4.78, 5) is 4.41. The molecular weight excluding hydrogens is 333 g/mol. The lowest BCUT2D eigenvalue weighted by Crippen LogP contribution is -2.02.